The molecule has 2 aliphatic rings. The molecule has 1 aliphatic carbocycles. The van der Waals surface area contributed by atoms with E-state index in [0.29, 0.717) is 22.9 Å². The zero-order chi connectivity index (χ0) is 24.4. The lowest BCUT2D eigenvalue weighted by Crippen LogP contribution is -2.42. The maximum Gasteiger partial charge on any atom is 0.411 e. The van der Waals surface area contributed by atoms with E-state index in [4.69, 9.17) is 4.74 Å². The third kappa shape index (κ3) is 4.74. The van der Waals surface area contributed by atoms with Crippen LogP contribution < -0.4 is 5.32 Å². The third-order valence-electron chi connectivity index (χ3n) is 6.36. The Hall–Kier alpha value is -3.78. The summed E-state index contributed by atoms with van der Waals surface area (Å²) >= 11 is 1.43. The number of anilines is 1. The fraction of sp³-hybridized carbons (Fsp3) is 0.222. The predicted octanol–water partition coefficient (Wildman–Crippen LogP) is 4.58. The van der Waals surface area contributed by atoms with Crippen molar-refractivity contribution >= 4 is 35.4 Å². The number of nitrogens with zero attached hydrogens (tertiary/aromatic N) is 1. The molecule has 2 amide bonds. The first-order valence-corrected chi connectivity index (χ1v) is 12.5. The van der Waals surface area contributed by atoms with Gasteiger partial charge in [-0.15, -0.1) is 11.8 Å². The van der Waals surface area contributed by atoms with Crippen LogP contribution in [0.15, 0.2) is 72.8 Å². The minimum Gasteiger partial charge on any atom is -0.480 e. The highest BCUT2D eigenvalue weighted by Gasteiger charge is 2.34. The summed E-state index contributed by atoms with van der Waals surface area (Å²) in [4.78, 5) is 38.0. The number of nitrogens with one attached hydrogen (secondary N) is 1. The third-order valence-corrected chi connectivity index (χ3v) is 7.37. The monoisotopic (exact) mass is 488 g/mol. The molecule has 3 aromatic rings. The smallest absolute Gasteiger partial charge is 0.411 e. The number of fused-ring (bicyclic) bond motifs is 3. The minimum atomic E-state index is -0.992. The van der Waals surface area contributed by atoms with Crippen molar-refractivity contribution in [2.75, 3.05) is 23.6 Å². The number of amides is 2. The summed E-state index contributed by atoms with van der Waals surface area (Å²) in [6.07, 6.45) is -0.512. The van der Waals surface area contributed by atoms with Crippen LogP contribution in [-0.2, 0) is 20.7 Å². The topological polar surface area (TPSA) is 95.9 Å². The number of hydrogen-bond acceptors (Lipinski definition) is 5. The highest BCUT2D eigenvalue weighted by atomic mass is 32.2. The van der Waals surface area contributed by atoms with E-state index in [1.165, 1.54) is 16.7 Å². The SMILES string of the molecule is O=C(Nc1cccc(CC(=O)N2CSC[C@H]2C(=O)O)c1)OCC1c2ccccc2-c2ccccc21. The van der Waals surface area contributed by atoms with Crippen LogP contribution in [0, 0.1) is 0 Å². The van der Waals surface area contributed by atoms with Crippen molar-refractivity contribution in [2.24, 2.45) is 0 Å². The van der Waals surface area contributed by atoms with E-state index in [-0.39, 0.29) is 24.9 Å². The Labute approximate surface area is 207 Å². The first-order chi connectivity index (χ1) is 17.0. The molecular weight excluding hydrogens is 464 g/mol. The van der Waals surface area contributed by atoms with Crippen LogP contribution in [0.2, 0.25) is 0 Å². The molecule has 2 N–H and O–H groups in total. The number of carboxylic acids is 1. The molecule has 8 heteroatoms. The van der Waals surface area contributed by atoms with Crippen LogP contribution >= 0.6 is 11.8 Å². The highest BCUT2D eigenvalue weighted by molar-refractivity contribution is 7.99. The molecule has 5 rings (SSSR count). The van der Waals surface area contributed by atoms with Gasteiger partial charge in [0.25, 0.3) is 0 Å². The van der Waals surface area contributed by atoms with Gasteiger partial charge in [0.2, 0.25) is 5.91 Å². The van der Waals surface area contributed by atoms with Gasteiger partial charge in [0.05, 0.1) is 12.3 Å². The molecule has 0 saturated carbocycles. The van der Waals surface area contributed by atoms with E-state index in [1.807, 2.05) is 24.3 Å². The molecule has 35 heavy (non-hydrogen) atoms. The molecule has 178 valence electrons. The van der Waals surface area contributed by atoms with Gasteiger partial charge in [0.15, 0.2) is 0 Å². The Balaban J connectivity index is 1.21. The fourth-order valence-electron chi connectivity index (χ4n) is 4.68. The summed E-state index contributed by atoms with van der Waals surface area (Å²) in [6.45, 7) is 0.210. The van der Waals surface area contributed by atoms with Gasteiger partial charge in [0, 0.05) is 17.4 Å². The van der Waals surface area contributed by atoms with Crippen molar-refractivity contribution in [3.8, 4) is 11.1 Å². The molecule has 1 heterocycles. The maximum atomic E-state index is 12.7. The molecule has 1 aliphatic heterocycles. The van der Waals surface area contributed by atoms with E-state index in [2.05, 4.69) is 29.6 Å². The first kappa shape index (κ1) is 23.0. The number of aliphatic carboxylic acids is 1. The maximum absolute atomic E-state index is 12.7. The number of thioether (sulfide) groups is 1. The Kier molecular flexibility index (Phi) is 6.46. The van der Waals surface area contributed by atoms with E-state index >= 15 is 0 Å². The van der Waals surface area contributed by atoms with Crippen LogP contribution in [-0.4, -0.2) is 52.3 Å². The molecule has 0 aromatic heterocycles. The second-order valence-corrected chi connectivity index (χ2v) is 9.54. The van der Waals surface area contributed by atoms with E-state index in [1.54, 1.807) is 24.3 Å². The van der Waals surface area contributed by atoms with Gasteiger partial charge in [-0.2, -0.15) is 0 Å². The Morgan fingerprint density at radius 1 is 0.971 bits per heavy atom. The number of ether oxygens (including phenoxy) is 1. The predicted molar refractivity (Wildman–Crippen MR) is 134 cm³/mol. The molecule has 1 atom stereocenters. The second-order valence-electron chi connectivity index (χ2n) is 8.55. The zero-order valence-electron chi connectivity index (χ0n) is 18.8. The molecule has 0 unspecified atom stereocenters. The number of carbonyl (C=O) groups excluding carboxylic acids is 2. The number of rotatable bonds is 6. The van der Waals surface area contributed by atoms with Gasteiger partial charge in [-0.3, -0.25) is 10.1 Å². The van der Waals surface area contributed by atoms with Crippen LogP contribution in [0.3, 0.4) is 0 Å². The quantitative estimate of drug-likeness (QED) is 0.528. The largest absolute Gasteiger partial charge is 0.480 e. The van der Waals surface area contributed by atoms with Gasteiger partial charge < -0.3 is 14.7 Å². The molecule has 7 nitrogen and oxygen atoms in total. The summed E-state index contributed by atoms with van der Waals surface area (Å²) in [7, 11) is 0. The zero-order valence-corrected chi connectivity index (χ0v) is 19.7. The summed E-state index contributed by atoms with van der Waals surface area (Å²) < 4.78 is 5.59. The molecular formula is C27H24N2O5S. The molecule has 0 bridgehead atoms. The Bertz CT molecular complexity index is 1250. The Morgan fingerprint density at radius 2 is 1.66 bits per heavy atom. The van der Waals surface area contributed by atoms with Gasteiger partial charge in [-0.25, -0.2) is 9.59 Å². The van der Waals surface area contributed by atoms with Crippen molar-refractivity contribution in [3.05, 3.63) is 89.5 Å². The van der Waals surface area contributed by atoms with Crippen molar-refractivity contribution in [1.29, 1.82) is 0 Å². The fourth-order valence-corrected chi connectivity index (χ4v) is 5.85. The van der Waals surface area contributed by atoms with Crippen LogP contribution in [0.1, 0.15) is 22.6 Å². The van der Waals surface area contributed by atoms with Crippen molar-refractivity contribution < 1.29 is 24.2 Å². The summed E-state index contributed by atoms with van der Waals surface area (Å²) in [5.41, 5.74) is 5.81. The first-order valence-electron chi connectivity index (χ1n) is 11.3. The summed E-state index contributed by atoms with van der Waals surface area (Å²) in [5.74, 6) is -0.509. The highest BCUT2D eigenvalue weighted by Crippen LogP contribution is 2.44. The van der Waals surface area contributed by atoms with E-state index in [0.717, 1.165) is 22.3 Å². The number of hydrogen-bond donors (Lipinski definition) is 2. The van der Waals surface area contributed by atoms with Gasteiger partial charge in [-0.1, -0.05) is 60.7 Å². The van der Waals surface area contributed by atoms with Crippen molar-refractivity contribution in [3.63, 3.8) is 0 Å². The van der Waals surface area contributed by atoms with E-state index < -0.39 is 18.1 Å². The van der Waals surface area contributed by atoms with Gasteiger partial charge in [0.1, 0.15) is 12.6 Å². The number of benzene rings is 3. The van der Waals surface area contributed by atoms with Gasteiger partial charge in [-0.05, 0) is 39.9 Å². The lowest BCUT2D eigenvalue weighted by molar-refractivity contribution is -0.147. The summed E-state index contributed by atoms with van der Waals surface area (Å²) in [6, 6.07) is 22.4. The minimum absolute atomic E-state index is 0.0300. The average molecular weight is 489 g/mol. The molecule has 0 spiro atoms. The number of carbonyl (C=O) groups is 3. The van der Waals surface area contributed by atoms with Crippen LogP contribution in [0.25, 0.3) is 11.1 Å². The second kappa shape index (κ2) is 9.84. The van der Waals surface area contributed by atoms with E-state index in [9.17, 15) is 19.5 Å². The summed E-state index contributed by atoms with van der Waals surface area (Å²) in [5, 5.41) is 12.1. The molecule has 1 saturated heterocycles. The molecule has 3 aromatic carbocycles. The van der Waals surface area contributed by atoms with Crippen molar-refractivity contribution in [1.82, 2.24) is 4.90 Å². The van der Waals surface area contributed by atoms with Crippen LogP contribution in [0.5, 0.6) is 0 Å². The van der Waals surface area contributed by atoms with Crippen LogP contribution in [0.4, 0.5) is 10.5 Å². The van der Waals surface area contributed by atoms with Gasteiger partial charge >= 0.3 is 12.1 Å². The molecule has 1 fully saturated rings. The normalized spacial score (nSPS) is 16.5. The molecule has 0 radical (unpaired) electrons. The lowest BCUT2D eigenvalue weighted by Gasteiger charge is -2.20. The van der Waals surface area contributed by atoms with Crippen molar-refractivity contribution in [2.45, 2.75) is 18.4 Å². The Morgan fingerprint density at radius 3 is 2.34 bits per heavy atom. The number of carboxylic acid groups (broad SMARTS) is 1. The standard InChI is InChI=1S/C27H24N2O5S/c30-25(29-16-35-15-24(29)26(31)32)13-17-6-5-7-18(12-17)28-27(33)34-14-23-21-10-3-1-8-19(21)20-9-2-4-11-22(20)23/h1-12,23-24H,13-16H2,(H,28,33)(H,31,32)/t24-/m0/s1. The lowest BCUT2D eigenvalue weighted by atomic mass is 9.98. The average Bonchev–Trinajstić information content (AvgIpc) is 3.47.